The van der Waals surface area contributed by atoms with Crippen molar-refractivity contribution in [2.75, 3.05) is 49.6 Å². The fourth-order valence-corrected chi connectivity index (χ4v) is 3.02. The van der Waals surface area contributed by atoms with Crippen LogP contribution in [-0.2, 0) is 0 Å². The molecule has 0 spiro atoms. The zero-order valence-electron chi connectivity index (χ0n) is 12.1. The lowest BCUT2D eigenvalue weighted by Gasteiger charge is -2.36. The summed E-state index contributed by atoms with van der Waals surface area (Å²) in [5, 5.41) is 4.21. The van der Waals surface area contributed by atoms with Gasteiger partial charge in [0.15, 0.2) is 5.11 Å². The Balaban J connectivity index is 1.75. The first-order valence-electron chi connectivity index (χ1n) is 6.95. The molecule has 5 nitrogen and oxygen atoms in total. The number of piperazine rings is 1. The molecule has 2 rings (SSSR count). The minimum Gasteiger partial charge on any atom is -0.363 e. The Morgan fingerprint density at radius 1 is 1.33 bits per heavy atom. The summed E-state index contributed by atoms with van der Waals surface area (Å²) in [5.74, 6) is 1.96. The Kier molecular flexibility index (Phi) is 6.98. The zero-order chi connectivity index (χ0) is 15.1. The van der Waals surface area contributed by atoms with E-state index in [0.717, 1.165) is 54.7 Å². The number of hydrogen-bond acceptors (Lipinski definition) is 5. The molecule has 0 aliphatic carbocycles. The molecule has 1 N–H and O–H groups in total. The number of aromatic nitrogens is 2. The number of halogens is 1. The lowest BCUT2D eigenvalue weighted by molar-refractivity contribution is 0.377. The standard InChI is InChI=1S/C13H20BrN5S2/c1-21-8-2-3-15-13(20)19-6-4-18(5-7-19)12-16-9-11(14)10-17-12/h9-10H,2-8H2,1H3,(H,15,20). The van der Waals surface area contributed by atoms with Gasteiger partial charge in [0.1, 0.15) is 0 Å². The first-order valence-corrected chi connectivity index (χ1v) is 9.54. The number of anilines is 1. The first-order chi connectivity index (χ1) is 10.2. The highest BCUT2D eigenvalue weighted by Crippen LogP contribution is 2.13. The van der Waals surface area contributed by atoms with Crippen molar-refractivity contribution in [2.24, 2.45) is 0 Å². The number of nitrogens with one attached hydrogen (secondary N) is 1. The quantitative estimate of drug-likeness (QED) is 0.609. The molecule has 0 amide bonds. The van der Waals surface area contributed by atoms with E-state index in [2.05, 4.69) is 47.3 Å². The Hall–Kier alpha value is -0.600. The molecule has 1 aliphatic rings. The number of thiocarbonyl (C=S) groups is 1. The Bertz CT molecular complexity index is 448. The van der Waals surface area contributed by atoms with E-state index in [4.69, 9.17) is 12.2 Å². The third-order valence-electron chi connectivity index (χ3n) is 3.26. The van der Waals surface area contributed by atoms with Gasteiger partial charge in [0, 0.05) is 45.1 Å². The molecule has 2 heterocycles. The van der Waals surface area contributed by atoms with Crippen molar-refractivity contribution in [1.82, 2.24) is 20.2 Å². The van der Waals surface area contributed by atoms with Gasteiger partial charge in [0.25, 0.3) is 0 Å². The lowest BCUT2D eigenvalue weighted by Crippen LogP contribution is -2.52. The van der Waals surface area contributed by atoms with Gasteiger partial charge < -0.3 is 15.1 Å². The molecular formula is C13H20BrN5S2. The van der Waals surface area contributed by atoms with Crippen LogP contribution in [0.2, 0.25) is 0 Å². The molecular weight excluding hydrogens is 370 g/mol. The highest BCUT2D eigenvalue weighted by atomic mass is 79.9. The van der Waals surface area contributed by atoms with Crippen LogP contribution in [0.25, 0.3) is 0 Å². The second kappa shape index (κ2) is 8.75. The number of hydrogen-bond donors (Lipinski definition) is 1. The highest BCUT2D eigenvalue weighted by molar-refractivity contribution is 9.10. The summed E-state index contributed by atoms with van der Waals surface area (Å²) < 4.78 is 0.903. The smallest absolute Gasteiger partial charge is 0.225 e. The minimum absolute atomic E-state index is 0.789. The monoisotopic (exact) mass is 389 g/mol. The van der Waals surface area contributed by atoms with Gasteiger partial charge in [-0.2, -0.15) is 11.8 Å². The van der Waals surface area contributed by atoms with E-state index in [1.54, 1.807) is 12.4 Å². The molecule has 21 heavy (non-hydrogen) atoms. The average molecular weight is 390 g/mol. The van der Waals surface area contributed by atoms with Crippen LogP contribution >= 0.6 is 39.9 Å². The minimum atomic E-state index is 0.789. The maximum Gasteiger partial charge on any atom is 0.225 e. The van der Waals surface area contributed by atoms with Gasteiger partial charge in [-0.25, -0.2) is 9.97 Å². The molecule has 0 atom stereocenters. The molecule has 0 saturated carbocycles. The van der Waals surface area contributed by atoms with Gasteiger partial charge in [-0.3, -0.25) is 0 Å². The van der Waals surface area contributed by atoms with E-state index in [0.29, 0.717) is 0 Å². The average Bonchev–Trinajstić information content (AvgIpc) is 2.52. The molecule has 0 bridgehead atoms. The summed E-state index contributed by atoms with van der Waals surface area (Å²) in [6.45, 7) is 4.57. The summed E-state index contributed by atoms with van der Waals surface area (Å²) in [6, 6.07) is 0. The lowest BCUT2D eigenvalue weighted by atomic mass is 10.3. The molecule has 1 aromatic rings. The van der Waals surface area contributed by atoms with E-state index in [9.17, 15) is 0 Å². The molecule has 0 radical (unpaired) electrons. The fraction of sp³-hybridized carbons (Fsp3) is 0.615. The van der Waals surface area contributed by atoms with Gasteiger partial charge in [0.2, 0.25) is 5.95 Å². The summed E-state index contributed by atoms with van der Waals surface area (Å²) in [7, 11) is 0. The first kappa shape index (κ1) is 16.8. The third kappa shape index (κ3) is 5.27. The van der Waals surface area contributed by atoms with Gasteiger partial charge in [-0.15, -0.1) is 0 Å². The number of nitrogens with zero attached hydrogens (tertiary/aromatic N) is 4. The van der Waals surface area contributed by atoms with E-state index < -0.39 is 0 Å². The molecule has 1 saturated heterocycles. The molecule has 1 fully saturated rings. The Morgan fingerprint density at radius 2 is 2.00 bits per heavy atom. The molecule has 0 aromatic carbocycles. The van der Waals surface area contributed by atoms with Crippen LogP contribution in [0.4, 0.5) is 5.95 Å². The molecule has 8 heteroatoms. The van der Waals surface area contributed by atoms with Crippen molar-refractivity contribution in [3.8, 4) is 0 Å². The predicted molar refractivity (Wildman–Crippen MR) is 97.1 cm³/mol. The van der Waals surface area contributed by atoms with Crippen LogP contribution < -0.4 is 10.2 Å². The van der Waals surface area contributed by atoms with E-state index in [1.165, 1.54) is 5.75 Å². The van der Waals surface area contributed by atoms with Crippen LogP contribution in [0.3, 0.4) is 0 Å². The second-order valence-electron chi connectivity index (χ2n) is 4.75. The third-order valence-corrected chi connectivity index (χ3v) is 4.77. The Morgan fingerprint density at radius 3 is 2.62 bits per heavy atom. The van der Waals surface area contributed by atoms with E-state index >= 15 is 0 Å². The zero-order valence-corrected chi connectivity index (χ0v) is 15.3. The molecule has 1 aromatic heterocycles. The van der Waals surface area contributed by atoms with Crippen molar-refractivity contribution >= 4 is 51.0 Å². The molecule has 1 aliphatic heterocycles. The van der Waals surface area contributed by atoms with Gasteiger partial charge in [0.05, 0.1) is 4.47 Å². The van der Waals surface area contributed by atoms with Gasteiger partial charge in [-0.05, 0) is 46.6 Å². The summed E-state index contributed by atoms with van der Waals surface area (Å²) in [6.07, 6.45) is 6.84. The van der Waals surface area contributed by atoms with Crippen molar-refractivity contribution < 1.29 is 0 Å². The fourth-order valence-electron chi connectivity index (χ4n) is 2.10. The Labute approximate surface area is 144 Å². The van der Waals surface area contributed by atoms with Crippen LogP contribution in [-0.4, -0.2) is 64.7 Å². The van der Waals surface area contributed by atoms with Gasteiger partial charge >= 0.3 is 0 Å². The number of thioether (sulfide) groups is 1. The molecule has 0 unspecified atom stereocenters. The molecule has 116 valence electrons. The maximum absolute atomic E-state index is 5.45. The normalized spacial score (nSPS) is 15.1. The topological polar surface area (TPSA) is 44.3 Å². The van der Waals surface area contributed by atoms with Gasteiger partial charge in [-0.1, -0.05) is 0 Å². The highest BCUT2D eigenvalue weighted by Gasteiger charge is 2.20. The maximum atomic E-state index is 5.45. The second-order valence-corrected chi connectivity index (χ2v) is 7.04. The van der Waals surface area contributed by atoms with Crippen molar-refractivity contribution in [2.45, 2.75) is 6.42 Å². The van der Waals surface area contributed by atoms with E-state index in [-0.39, 0.29) is 0 Å². The number of rotatable bonds is 5. The SMILES string of the molecule is CSCCCNC(=S)N1CCN(c2ncc(Br)cn2)CC1. The summed E-state index contributed by atoms with van der Waals surface area (Å²) >= 11 is 10.7. The van der Waals surface area contributed by atoms with Crippen molar-refractivity contribution in [1.29, 1.82) is 0 Å². The van der Waals surface area contributed by atoms with Crippen molar-refractivity contribution in [3.05, 3.63) is 16.9 Å². The van der Waals surface area contributed by atoms with Crippen molar-refractivity contribution in [3.63, 3.8) is 0 Å². The summed E-state index contributed by atoms with van der Waals surface area (Å²) in [4.78, 5) is 13.1. The summed E-state index contributed by atoms with van der Waals surface area (Å²) in [5.41, 5.74) is 0. The van der Waals surface area contributed by atoms with Crippen LogP contribution in [0.15, 0.2) is 16.9 Å². The predicted octanol–water partition coefficient (Wildman–Crippen LogP) is 1.99. The van der Waals surface area contributed by atoms with Crippen LogP contribution in [0, 0.1) is 0 Å². The largest absolute Gasteiger partial charge is 0.363 e. The van der Waals surface area contributed by atoms with Crippen LogP contribution in [0.1, 0.15) is 6.42 Å². The van der Waals surface area contributed by atoms with E-state index in [1.807, 2.05) is 11.8 Å². The van der Waals surface area contributed by atoms with Crippen LogP contribution in [0.5, 0.6) is 0 Å².